The van der Waals surface area contributed by atoms with Crippen LogP contribution < -0.4 is 5.32 Å². The molecule has 1 heterocycles. The Labute approximate surface area is 146 Å². The number of hydrogen-bond donors (Lipinski definition) is 1. The Morgan fingerprint density at radius 2 is 1.62 bits per heavy atom. The number of aromatic nitrogens is 1. The zero-order valence-electron chi connectivity index (χ0n) is 13.6. The lowest BCUT2D eigenvalue weighted by atomic mass is 9.90. The molecule has 3 nitrogen and oxygen atoms in total. The molecule has 1 N–H and O–H groups in total. The van der Waals surface area contributed by atoms with E-state index >= 15 is 0 Å². The summed E-state index contributed by atoms with van der Waals surface area (Å²) in [5.41, 5.74) is 3.05. The van der Waals surface area contributed by atoms with Crippen molar-refractivity contribution in [2.45, 2.75) is 19.3 Å². The molecule has 0 radical (unpaired) electrons. The zero-order chi connectivity index (χ0) is 16.8. The maximum atomic E-state index is 12.8. The van der Waals surface area contributed by atoms with E-state index in [1.165, 1.54) is 0 Å². The van der Waals surface area contributed by atoms with Gasteiger partial charge in [0.2, 0.25) is 5.91 Å². The first-order chi connectivity index (χ1) is 11.7. The van der Waals surface area contributed by atoms with Gasteiger partial charge in [-0.25, -0.2) is 4.98 Å². The van der Waals surface area contributed by atoms with Crippen LogP contribution in [0.5, 0.6) is 0 Å². The van der Waals surface area contributed by atoms with Crippen molar-refractivity contribution < 1.29 is 4.79 Å². The third-order valence-corrected chi connectivity index (χ3v) is 4.86. The molecule has 0 fully saturated rings. The van der Waals surface area contributed by atoms with E-state index in [2.05, 4.69) is 10.3 Å². The number of aryl methyl sites for hydroxylation is 1. The Kier molecular flexibility index (Phi) is 5.39. The van der Waals surface area contributed by atoms with Gasteiger partial charge in [0, 0.05) is 24.0 Å². The van der Waals surface area contributed by atoms with Gasteiger partial charge in [0.05, 0.1) is 10.9 Å². The van der Waals surface area contributed by atoms with Gasteiger partial charge in [-0.3, -0.25) is 4.79 Å². The second-order valence-corrected chi connectivity index (χ2v) is 6.62. The van der Waals surface area contributed by atoms with E-state index in [1.54, 1.807) is 11.3 Å². The molecule has 1 amide bonds. The average Bonchev–Trinajstić information content (AvgIpc) is 3.02. The highest BCUT2D eigenvalue weighted by Crippen LogP contribution is 2.24. The quantitative estimate of drug-likeness (QED) is 0.741. The van der Waals surface area contributed by atoms with Crippen molar-refractivity contribution in [3.05, 3.63) is 87.9 Å². The van der Waals surface area contributed by atoms with Gasteiger partial charge in [-0.2, -0.15) is 0 Å². The fourth-order valence-corrected chi connectivity index (χ4v) is 3.47. The summed E-state index contributed by atoms with van der Waals surface area (Å²) in [7, 11) is 0. The van der Waals surface area contributed by atoms with Crippen LogP contribution in [0.25, 0.3) is 0 Å². The number of carbonyl (C=O) groups is 1. The highest BCUT2D eigenvalue weighted by molar-refractivity contribution is 7.09. The minimum absolute atomic E-state index is 0.0284. The molecule has 2 aromatic carbocycles. The fourth-order valence-electron chi connectivity index (χ4n) is 2.70. The van der Waals surface area contributed by atoms with Gasteiger partial charge < -0.3 is 5.32 Å². The van der Waals surface area contributed by atoms with Crippen LogP contribution >= 0.6 is 11.3 Å². The Balaban J connectivity index is 1.72. The van der Waals surface area contributed by atoms with Crippen LogP contribution in [0, 0.1) is 6.92 Å². The van der Waals surface area contributed by atoms with Gasteiger partial charge in [0.1, 0.15) is 0 Å². The predicted molar refractivity (Wildman–Crippen MR) is 98.3 cm³/mol. The largest absolute Gasteiger partial charge is 0.355 e. The highest BCUT2D eigenvalue weighted by Gasteiger charge is 2.22. The summed E-state index contributed by atoms with van der Waals surface area (Å²) in [5.74, 6) is -0.258. The molecule has 3 rings (SSSR count). The maximum absolute atomic E-state index is 12.8. The zero-order valence-corrected chi connectivity index (χ0v) is 14.4. The summed E-state index contributed by atoms with van der Waals surface area (Å²) in [4.78, 5) is 17.2. The topological polar surface area (TPSA) is 42.0 Å². The molecule has 0 saturated heterocycles. The van der Waals surface area contributed by atoms with Crippen LogP contribution in [0.3, 0.4) is 0 Å². The lowest BCUT2D eigenvalue weighted by Crippen LogP contribution is -2.31. The molecule has 0 aliphatic rings. The second kappa shape index (κ2) is 7.88. The third-order valence-electron chi connectivity index (χ3n) is 3.83. The van der Waals surface area contributed by atoms with Gasteiger partial charge in [0.25, 0.3) is 0 Å². The molecule has 0 atom stereocenters. The number of thiazole rings is 1. The van der Waals surface area contributed by atoms with Crippen LogP contribution in [-0.2, 0) is 11.2 Å². The van der Waals surface area contributed by atoms with Gasteiger partial charge >= 0.3 is 0 Å². The van der Waals surface area contributed by atoms with Gasteiger partial charge in [0.15, 0.2) is 0 Å². The van der Waals surface area contributed by atoms with Crippen molar-refractivity contribution in [1.29, 1.82) is 0 Å². The molecule has 4 heteroatoms. The Hall–Kier alpha value is -2.46. The van der Waals surface area contributed by atoms with Crippen molar-refractivity contribution >= 4 is 17.2 Å². The van der Waals surface area contributed by atoms with Crippen molar-refractivity contribution in [3.63, 3.8) is 0 Å². The summed E-state index contributed by atoms with van der Waals surface area (Å²) in [6.07, 6.45) is 0.764. The molecular formula is C20H20N2OS. The van der Waals surface area contributed by atoms with E-state index in [0.717, 1.165) is 28.2 Å². The van der Waals surface area contributed by atoms with Gasteiger partial charge in [-0.05, 0) is 18.1 Å². The van der Waals surface area contributed by atoms with Crippen molar-refractivity contribution in [2.24, 2.45) is 0 Å². The van der Waals surface area contributed by atoms with E-state index in [0.29, 0.717) is 6.54 Å². The number of nitrogens with one attached hydrogen (secondary N) is 1. The van der Waals surface area contributed by atoms with E-state index in [-0.39, 0.29) is 11.8 Å². The SMILES string of the molecule is Cc1csc(CCNC(=O)C(c2ccccc2)c2ccccc2)n1. The number of benzene rings is 2. The fraction of sp³-hybridized carbons (Fsp3) is 0.200. The summed E-state index contributed by atoms with van der Waals surface area (Å²) in [6.45, 7) is 2.58. The van der Waals surface area contributed by atoms with E-state index in [9.17, 15) is 4.79 Å². The lowest BCUT2D eigenvalue weighted by Gasteiger charge is -2.17. The molecule has 122 valence electrons. The van der Waals surface area contributed by atoms with Crippen molar-refractivity contribution in [1.82, 2.24) is 10.3 Å². The number of amides is 1. The number of rotatable bonds is 6. The average molecular weight is 336 g/mol. The monoisotopic (exact) mass is 336 g/mol. The van der Waals surface area contributed by atoms with Gasteiger partial charge in [-0.1, -0.05) is 60.7 Å². The lowest BCUT2D eigenvalue weighted by molar-refractivity contribution is -0.121. The molecule has 0 spiro atoms. The number of hydrogen-bond acceptors (Lipinski definition) is 3. The summed E-state index contributed by atoms with van der Waals surface area (Å²) in [5, 5.41) is 6.16. The van der Waals surface area contributed by atoms with Crippen molar-refractivity contribution in [3.8, 4) is 0 Å². The summed E-state index contributed by atoms with van der Waals surface area (Å²) >= 11 is 1.64. The summed E-state index contributed by atoms with van der Waals surface area (Å²) in [6, 6.07) is 19.8. The first-order valence-electron chi connectivity index (χ1n) is 8.02. The van der Waals surface area contributed by atoms with E-state index in [1.807, 2.05) is 73.0 Å². The van der Waals surface area contributed by atoms with Crippen molar-refractivity contribution in [2.75, 3.05) is 6.54 Å². The normalized spacial score (nSPS) is 10.8. The Bertz CT molecular complexity index is 744. The Morgan fingerprint density at radius 3 is 2.12 bits per heavy atom. The second-order valence-electron chi connectivity index (χ2n) is 5.68. The molecule has 0 saturated carbocycles. The molecule has 3 aromatic rings. The standard InChI is InChI=1S/C20H20N2OS/c1-15-14-24-18(22-15)12-13-21-20(23)19(16-8-4-2-5-9-16)17-10-6-3-7-11-17/h2-11,14,19H,12-13H2,1H3,(H,21,23). The smallest absolute Gasteiger partial charge is 0.232 e. The molecular weight excluding hydrogens is 316 g/mol. The molecule has 1 aromatic heterocycles. The first-order valence-corrected chi connectivity index (χ1v) is 8.90. The minimum Gasteiger partial charge on any atom is -0.355 e. The third kappa shape index (κ3) is 4.09. The first kappa shape index (κ1) is 16.4. The van der Waals surface area contributed by atoms with Crippen LogP contribution in [0.1, 0.15) is 27.7 Å². The molecule has 0 bridgehead atoms. The minimum atomic E-state index is -0.287. The maximum Gasteiger partial charge on any atom is 0.232 e. The predicted octanol–water partition coefficient (Wildman–Crippen LogP) is 3.94. The van der Waals surface area contributed by atoms with Crippen LogP contribution in [0.2, 0.25) is 0 Å². The molecule has 0 unspecified atom stereocenters. The number of carbonyl (C=O) groups excluding carboxylic acids is 1. The Morgan fingerprint density at radius 1 is 1.04 bits per heavy atom. The van der Waals surface area contributed by atoms with E-state index in [4.69, 9.17) is 0 Å². The summed E-state index contributed by atoms with van der Waals surface area (Å²) < 4.78 is 0. The van der Waals surface area contributed by atoms with Crippen LogP contribution in [0.15, 0.2) is 66.0 Å². The van der Waals surface area contributed by atoms with E-state index < -0.39 is 0 Å². The van der Waals surface area contributed by atoms with Crippen LogP contribution in [-0.4, -0.2) is 17.4 Å². The van der Waals surface area contributed by atoms with Crippen LogP contribution in [0.4, 0.5) is 0 Å². The molecule has 0 aliphatic carbocycles. The number of nitrogens with zero attached hydrogens (tertiary/aromatic N) is 1. The highest BCUT2D eigenvalue weighted by atomic mass is 32.1. The molecule has 0 aliphatic heterocycles. The molecule has 24 heavy (non-hydrogen) atoms. The van der Waals surface area contributed by atoms with Gasteiger partial charge in [-0.15, -0.1) is 11.3 Å².